The van der Waals surface area contributed by atoms with E-state index in [1.54, 1.807) is 48.5 Å². The molecule has 0 spiro atoms. The lowest BCUT2D eigenvalue weighted by Crippen LogP contribution is -2.54. The second-order valence-corrected chi connectivity index (χ2v) is 13.5. The standard InChI is InChI=1S/C37H40FN3O4S/c1-2-29-17-10-14-24-34(29)41(46(44,45)32-21-7-4-8-22-32)27-36(42)40(26-30-18-9-13-23-33(30)38)35(25-28-15-5-3-6-16-28)37(43)39-31-19-11-12-20-31/h3-10,13-18,21-24,31,35H,2,11-12,19-20,25-27H2,1H3,(H,39,43)/t35-/m0/s1. The van der Waals surface area contributed by atoms with Gasteiger partial charge in [0.15, 0.2) is 0 Å². The molecule has 240 valence electrons. The highest BCUT2D eigenvalue weighted by Gasteiger charge is 2.36. The Balaban J connectivity index is 1.59. The Hall–Kier alpha value is -4.50. The molecule has 1 fully saturated rings. The number of halogens is 1. The Labute approximate surface area is 271 Å². The minimum Gasteiger partial charge on any atom is -0.352 e. The zero-order valence-electron chi connectivity index (χ0n) is 26.0. The normalized spacial score (nSPS) is 14.0. The van der Waals surface area contributed by atoms with Crippen molar-refractivity contribution in [1.29, 1.82) is 0 Å². The zero-order valence-corrected chi connectivity index (χ0v) is 26.8. The molecule has 0 heterocycles. The zero-order chi connectivity index (χ0) is 32.5. The van der Waals surface area contributed by atoms with Gasteiger partial charge in [-0.2, -0.15) is 0 Å². The van der Waals surface area contributed by atoms with Crippen molar-refractivity contribution in [3.05, 3.63) is 132 Å². The number of benzene rings is 4. The smallest absolute Gasteiger partial charge is 0.264 e. The fourth-order valence-electron chi connectivity index (χ4n) is 6.02. The van der Waals surface area contributed by atoms with Crippen LogP contribution in [0.25, 0.3) is 0 Å². The fourth-order valence-corrected chi connectivity index (χ4v) is 7.49. The molecular weight excluding hydrogens is 601 g/mol. The lowest BCUT2D eigenvalue weighted by Gasteiger charge is -2.34. The lowest BCUT2D eigenvalue weighted by molar-refractivity contribution is -0.140. The van der Waals surface area contributed by atoms with Gasteiger partial charge in [0.1, 0.15) is 18.4 Å². The largest absolute Gasteiger partial charge is 0.352 e. The molecule has 1 N–H and O–H groups in total. The van der Waals surface area contributed by atoms with E-state index in [0.717, 1.165) is 41.1 Å². The van der Waals surface area contributed by atoms with Gasteiger partial charge in [0.05, 0.1) is 10.6 Å². The van der Waals surface area contributed by atoms with Crippen LogP contribution in [0, 0.1) is 5.82 Å². The van der Waals surface area contributed by atoms with Gasteiger partial charge in [-0.3, -0.25) is 13.9 Å². The van der Waals surface area contributed by atoms with Crippen LogP contribution in [0.2, 0.25) is 0 Å². The molecule has 0 unspecified atom stereocenters. The maximum absolute atomic E-state index is 15.1. The van der Waals surface area contributed by atoms with E-state index in [0.29, 0.717) is 12.1 Å². The summed E-state index contributed by atoms with van der Waals surface area (Å²) >= 11 is 0. The molecule has 5 rings (SSSR count). The van der Waals surface area contributed by atoms with Crippen molar-refractivity contribution in [2.24, 2.45) is 0 Å². The minimum absolute atomic E-state index is 0.0115. The maximum atomic E-state index is 15.1. The minimum atomic E-state index is -4.21. The quantitative estimate of drug-likeness (QED) is 0.186. The highest BCUT2D eigenvalue weighted by atomic mass is 32.2. The summed E-state index contributed by atoms with van der Waals surface area (Å²) in [6.07, 6.45) is 4.43. The van der Waals surface area contributed by atoms with Crippen LogP contribution in [0.3, 0.4) is 0 Å². The number of hydrogen-bond acceptors (Lipinski definition) is 4. The van der Waals surface area contributed by atoms with Crippen molar-refractivity contribution >= 4 is 27.5 Å². The molecule has 4 aromatic carbocycles. The predicted molar refractivity (Wildman–Crippen MR) is 178 cm³/mol. The number of sulfonamides is 1. The number of hydrogen-bond donors (Lipinski definition) is 1. The summed E-state index contributed by atoms with van der Waals surface area (Å²) in [7, 11) is -4.21. The van der Waals surface area contributed by atoms with E-state index in [1.807, 2.05) is 49.4 Å². The fraction of sp³-hybridized carbons (Fsp3) is 0.297. The van der Waals surface area contributed by atoms with Gasteiger partial charge in [-0.05, 0) is 54.7 Å². The topological polar surface area (TPSA) is 86.8 Å². The number of anilines is 1. The molecule has 0 bridgehead atoms. The Morgan fingerprint density at radius 1 is 0.826 bits per heavy atom. The third-order valence-corrected chi connectivity index (χ3v) is 10.3. The first kappa shape index (κ1) is 32.9. The highest BCUT2D eigenvalue weighted by Crippen LogP contribution is 2.29. The van der Waals surface area contributed by atoms with Crippen LogP contribution in [0.15, 0.2) is 114 Å². The molecule has 0 radical (unpaired) electrons. The van der Waals surface area contributed by atoms with E-state index in [1.165, 1.54) is 23.1 Å². The first-order chi connectivity index (χ1) is 22.3. The van der Waals surface area contributed by atoms with Gasteiger partial charge in [-0.1, -0.05) is 105 Å². The number of amides is 2. The second-order valence-electron chi connectivity index (χ2n) is 11.6. The van der Waals surface area contributed by atoms with Crippen LogP contribution in [0.5, 0.6) is 0 Å². The molecule has 2 amide bonds. The first-order valence-electron chi connectivity index (χ1n) is 15.8. The van der Waals surface area contributed by atoms with Crippen molar-refractivity contribution in [3.63, 3.8) is 0 Å². The predicted octanol–water partition coefficient (Wildman–Crippen LogP) is 6.28. The number of para-hydroxylation sites is 1. The van der Waals surface area contributed by atoms with E-state index in [2.05, 4.69) is 5.32 Å². The Morgan fingerprint density at radius 2 is 1.41 bits per heavy atom. The highest BCUT2D eigenvalue weighted by molar-refractivity contribution is 7.92. The van der Waals surface area contributed by atoms with E-state index in [4.69, 9.17) is 0 Å². The summed E-state index contributed by atoms with van der Waals surface area (Å²) in [6, 6.07) is 29.5. The molecule has 46 heavy (non-hydrogen) atoms. The molecule has 1 aliphatic rings. The van der Waals surface area contributed by atoms with E-state index in [9.17, 15) is 18.0 Å². The van der Waals surface area contributed by atoms with Gasteiger partial charge < -0.3 is 10.2 Å². The van der Waals surface area contributed by atoms with Gasteiger partial charge in [-0.25, -0.2) is 12.8 Å². The Bertz CT molecular complexity index is 1730. The molecule has 1 aliphatic carbocycles. The van der Waals surface area contributed by atoms with Gasteiger partial charge >= 0.3 is 0 Å². The molecular formula is C37H40FN3O4S. The van der Waals surface area contributed by atoms with Crippen molar-refractivity contribution in [2.75, 3.05) is 10.8 Å². The molecule has 4 aromatic rings. The van der Waals surface area contributed by atoms with E-state index >= 15 is 4.39 Å². The number of aryl methyl sites for hydroxylation is 1. The number of nitrogens with one attached hydrogen (secondary N) is 1. The van der Waals surface area contributed by atoms with Crippen LogP contribution in [0.4, 0.5) is 10.1 Å². The Kier molecular flexibility index (Phi) is 10.9. The van der Waals surface area contributed by atoms with Gasteiger partial charge in [0, 0.05) is 24.6 Å². The molecule has 0 aliphatic heterocycles. The number of nitrogens with zero attached hydrogens (tertiary/aromatic N) is 2. The van der Waals surface area contributed by atoms with Gasteiger partial charge in [0.2, 0.25) is 11.8 Å². The van der Waals surface area contributed by atoms with Crippen LogP contribution >= 0.6 is 0 Å². The number of carbonyl (C=O) groups is 2. The molecule has 0 aromatic heterocycles. The molecule has 1 saturated carbocycles. The summed E-state index contributed by atoms with van der Waals surface area (Å²) in [4.78, 5) is 30.1. The lowest BCUT2D eigenvalue weighted by atomic mass is 10.0. The van der Waals surface area contributed by atoms with Crippen molar-refractivity contribution < 1.29 is 22.4 Å². The maximum Gasteiger partial charge on any atom is 0.264 e. The molecule has 9 heteroatoms. The van der Waals surface area contributed by atoms with E-state index < -0.39 is 34.3 Å². The molecule has 7 nitrogen and oxygen atoms in total. The Morgan fingerprint density at radius 3 is 2.07 bits per heavy atom. The third kappa shape index (κ3) is 7.83. The molecule has 0 saturated heterocycles. The van der Waals surface area contributed by atoms with Crippen LogP contribution in [0.1, 0.15) is 49.3 Å². The van der Waals surface area contributed by atoms with Gasteiger partial charge in [0.25, 0.3) is 10.0 Å². The van der Waals surface area contributed by atoms with Crippen LogP contribution < -0.4 is 9.62 Å². The van der Waals surface area contributed by atoms with Crippen LogP contribution in [-0.4, -0.2) is 43.8 Å². The monoisotopic (exact) mass is 641 g/mol. The summed E-state index contributed by atoms with van der Waals surface area (Å²) in [5, 5.41) is 3.14. The summed E-state index contributed by atoms with van der Waals surface area (Å²) in [5.41, 5.74) is 2.18. The SMILES string of the molecule is CCc1ccccc1N(CC(=O)N(Cc1ccccc1F)[C@@H](Cc1ccccc1)C(=O)NC1CCCC1)S(=O)(=O)c1ccccc1. The van der Waals surface area contributed by atoms with E-state index in [-0.39, 0.29) is 35.4 Å². The molecule has 1 atom stereocenters. The average molecular weight is 642 g/mol. The second kappa shape index (κ2) is 15.2. The number of carbonyl (C=O) groups excluding carboxylic acids is 2. The van der Waals surface area contributed by atoms with Crippen molar-refractivity contribution in [1.82, 2.24) is 10.2 Å². The third-order valence-electron chi connectivity index (χ3n) is 8.52. The van der Waals surface area contributed by atoms with Crippen LogP contribution in [-0.2, 0) is 39.0 Å². The van der Waals surface area contributed by atoms with Gasteiger partial charge in [-0.15, -0.1) is 0 Å². The summed E-state index contributed by atoms with van der Waals surface area (Å²) in [5.74, 6) is -1.47. The summed E-state index contributed by atoms with van der Waals surface area (Å²) < 4.78 is 44.7. The van der Waals surface area contributed by atoms with Crippen molar-refractivity contribution in [3.8, 4) is 0 Å². The average Bonchev–Trinajstić information content (AvgIpc) is 3.59. The van der Waals surface area contributed by atoms with Crippen molar-refractivity contribution in [2.45, 2.75) is 69.0 Å². The number of rotatable bonds is 13. The summed E-state index contributed by atoms with van der Waals surface area (Å²) in [6.45, 7) is 1.13. The first-order valence-corrected chi connectivity index (χ1v) is 17.2.